The Morgan fingerprint density at radius 1 is 1.08 bits per heavy atom. The Bertz CT molecular complexity index is 1420. The fourth-order valence-corrected chi connectivity index (χ4v) is 4.84. The van der Waals surface area contributed by atoms with Gasteiger partial charge in [0, 0.05) is 64.0 Å². The van der Waals surface area contributed by atoms with E-state index in [2.05, 4.69) is 39.9 Å². The van der Waals surface area contributed by atoms with E-state index < -0.39 is 0 Å². The molecule has 0 saturated carbocycles. The third kappa shape index (κ3) is 4.19. The maximum Gasteiger partial charge on any atom is 0.228 e. The Morgan fingerprint density at radius 3 is 2.53 bits per heavy atom. The number of carbonyl (C=O) groups excluding carboxylic acids is 1. The SMILES string of the molecule is CC(=O)N1CCN(c2nc(N(C)C(C)c3ccc4ncccc4c3)c3cn(C(C)C)c(O)c3n2)CC1. The van der Waals surface area contributed by atoms with Crippen molar-refractivity contribution in [2.45, 2.75) is 39.8 Å². The van der Waals surface area contributed by atoms with E-state index >= 15 is 0 Å². The van der Waals surface area contributed by atoms with E-state index in [0.717, 1.165) is 27.7 Å². The highest BCUT2D eigenvalue weighted by atomic mass is 16.3. The van der Waals surface area contributed by atoms with Crippen LogP contribution in [0.1, 0.15) is 45.3 Å². The van der Waals surface area contributed by atoms with Crippen LogP contribution in [0.25, 0.3) is 21.8 Å². The number of hydrogen-bond acceptors (Lipinski definition) is 7. The Kier molecular flexibility index (Phi) is 6.15. The number of amides is 1. The van der Waals surface area contributed by atoms with Crippen molar-refractivity contribution in [3.63, 3.8) is 0 Å². The van der Waals surface area contributed by atoms with Crippen molar-refractivity contribution in [3.05, 3.63) is 48.3 Å². The predicted molar refractivity (Wildman–Crippen MR) is 143 cm³/mol. The maximum absolute atomic E-state index is 11.8. The van der Waals surface area contributed by atoms with Crippen molar-refractivity contribution >= 4 is 39.5 Å². The molecule has 9 heteroatoms. The van der Waals surface area contributed by atoms with E-state index in [1.54, 1.807) is 13.1 Å². The molecule has 0 spiro atoms. The normalized spacial score (nSPS) is 15.2. The van der Waals surface area contributed by atoms with Gasteiger partial charge in [0.15, 0.2) is 0 Å². The lowest BCUT2D eigenvalue weighted by Gasteiger charge is -2.35. The third-order valence-electron chi connectivity index (χ3n) is 7.23. The number of aromatic nitrogens is 4. The Labute approximate surface area is 211 Å². The van der Waals surface area contributed by atoms with E-state index in [9.17, 15) is 9.90 Å². The molecule has 0 bridgehead atoms. The zero-order valence-electron chi connectivity index (χ0n) is 21.5. The number of nitrogens with zero attached hydrogens (tertiary/aromatic N) is 7. The molecule has 4 heterocycles. The summed E-state index contributed by atoms with van der Waals surface area (Å²) in [7, 11) is 2.03. The summed E-state index contributed by atoms with van der Waals surface area (Å²) < 4.78 is 1.83. The van der Waals surface area contributed by atoms with Crippen molar-refractivity contribution in [1.29, 1.82) is 0 Å². The van der Waals surface area contributed by atoms with Gasteiger partial charge in [-0.05, 0) is 44.5 Å². The summed E-state index contributed by atoms with van der Waals surface area (Å²) in [6, 6.07) is 10.4. The second-order valence-corrected chi connectivity index (χ2v) is 9.80. The summed E-state index contributed by atoms with van der Waals surface area (Å²) >= 11 is 0. The number of anilines is 2. The molecule has 1 amide bonds. The number of pyridine rings is 1. The van der Waals surface area contributed by atoms with Crippen molar-refractivity contribution in [3.8, 4) is 5.88 Å². The van der Waals surface area contributed by atoms with E-state index in [-0.39, 0.29) is 23.9 Å². The Morgan fingerprint density at radius 2 is 1.83 bits per heavy atom. The van der Waals surface area contributed by atoms with Crippen LogP contribution in [-0.2, 0) is 4.79 Å². The largest absolute Gasteiger partial charge is 0.493 e. The van der Waals surface area contributed by atoms with Crippen LogP contribution in [-0.4, -0.2) is 68.7 Å². The molecule has 1 N–H and O–H groups in total. The van der Waals surface area contributed by atoms with Gasteiger partial charge in [0.2, 0.25) is 17.7 Å². The summed E-state index contributed by atoms with van der Waals surface area (Å²) in [6.07, 6.45) is 3.74. The van der Waals surface area contributed by atoms with E-state index in [4.69, 9.17) is 9.97 Å². The molecule has 5 rings (SSSR count). The average molecular weight is 488 g/mol. The molecule has 1 unspecified atom stereocenters. The minimum atomic E-state index is 0.0136. The zero-order valence-corrected chi connectivity index (χ0v) is 21.5. The van der Waals surface area contributed by atoms with Gasteiger partial charge in [0.25, 0.3) is 0 Å². The monoisotopic (exact) mass is 487 g/mol. The number of fused-ring (bicyclic) bond motifs is 2. The highest BCUT2D eigenvalue weighted by Crippen LogP contribution is 2.38. The van der Waals surface area contributed by atoms with E-state index in [0.29, 0.717) is 37.6 Å². The molecule has 0 radical (unpaired) electrons. The first-order valence-corrected chi connectivity index (χ1v) is 12.4. The first kappa shape index (κ1) is 23.8. The van der Waals surface area contributed by atoms with Crippen molar-refractivity contribution in [2.24, 2.45) is 0 Å². The smallest absolute Gasteiger partial charge is 0.228 e. The highest BCUT2D eigenvalue weighted by Gasteiger charge is 2.26. The zero-order chi connectivity index (χ0) is 25.6. The summed E-state index contributed by atoms with van der Waals surface area (Å²) in [4.78, 5) is 32.1. The molecule has 1 saturated heterocycles. The fraction of sp³-hybridized carbons (Fsp3) is 0.407. The maximum atomic E-state index is 11.8. The number of rotatable bonds is 5. The van der Waals surface area contributed by atoms with Crippen LogP contribution in [0, 0.1) is 0 Å². The molecule has 1 aromatic carbocycles. The first-order chi connectivity index (χ1) is 17.2. The molecule has 1 aliphatic rings. The van der Waals surface area contributed by atoms with Gasteiger partial charge in [-0.1, -0.05) is 12.1 Å². The molecule has 9 nitrogen and oxygen atoms in total. The number of piperazine rings is 1. The second kappa shape index (κ2) is 9.29. The van der Waals surface area contributed by atoms with Crippen LogP contribution in [0.2, 0.25) is 0 Å². The van der Waals surface area contributed by atoms with Crippen LogP contribution in [0.3, 0.4) is 0 Å². The van der Waals surface area contributed by atoms with Gasteiger partial charge in [-0.15, -0.1) is 0 Å². The van der Waals surface area contributed by atoms with Gasteiger partial charge in [0.05, 0.1) is 16.9 Å². The molecule has 1 aliphatic heterocycles. The summed E-state index contributed by atoms with van der Waals surface area (Å²) in [5, 5.41) is 13.0. The lowest BCUT2D eigenvalue weighted by Crippen LogP contribution is -2.48. The number of aromatic hydroxyl groups is 1. The molecular weight excluding hydrogens is 454 g/mol. The minimum Gasteiger partial charge on any atom is -0.493 e. The third-order valence-corrected chi connectivity index (χ3v) is 7.23. The van der Waals surface area contributed by atoms with Crippen molar-refractivity contribution in [1.82, 2.24) is 24.4 Å². The summed E-state index contributed by atoms with van der Waals surface area (Å²) in [5.74, 6) is 1.55. The standard InChI is InChI=1S/C27H33N7O2/c1-17(2)34-16-22-24(26(34)36)29-27(33-13-11-32(12-14-33)19(4)35)30-25(22)31(5)18(3)20-8-9-23-21(15-20)7-6-10-28-23/h6-10,15-18,36H,11-14H2,1-5H3. The Hall–Kier alpha value is -3.88. The lowest BCUT2D eigenvalue weighted by atomic mass is 10.0. The molecule has 188 valence electrons. The number of benzene rings is 1. The minimum absolute atomic E-state index is 0.0136. The fourth-order valence-electron chi connectivity index (χ4n) is 4.84. The average Bonchev–Trinajstić information content (AvgIpc) is 3.23. The van der Waals surface area contributed by atoms with Crippen LogP contribution in [0.15, 0.2) is 42.7 Å². The molecule has 0 aliphatic carbocycles. The van der Waals surface area contributed by atoms with Gasteiger partial charge in [-0.25, -0.2) is 4.98 Å². The molecule has 3 aromatic heterocycles. The quantitative estimate of drug-likeness (QED) is 0.453. The summed E-state index contributed by atoms with van der Waals surface area (Å²) in [5.41, 5.74) is 2.65. The molecule has 1 atom stereocenters. The van der Waals surface area contributed by atoms with Gasteiger partial charge < -0.3 is 24.4 Å². The number of carbonyl (C=O) groups is 1. The molecule has 36 heavy (non-hydrogen) atoms. The van der Waals surface area contributed by atoms with Crippen LogP contribution >= 0.6 is 0 Å². The van der Waals surface area contributed by atoms with E-state index in [1.165, 1.54) is 0 Å². The number of hydrogen-bond donors (Lipinski definition) is 1. The van der Waals surface area contributed by atoms with Crippen LogP contribution in [0.4, 0.5) is 11.8 Å². The van der Waals surface area contributed by atoms with Gasteiger partial charge >= 0.3 is 0 Å². The van der Waals surface area contributed by atoms with Gasteiger partial charge in [-0.3, -0.25) is 9.78 Å². The Balaban J connectivity index is 1.56. The van der Waals surface area contributed by atoms with Crippen molar-refractivity contribution in [2.75, 3.05) is 43.0 Å². The topological polar surface area (TPSA) is 90.6 Å². The first-order valence-electron chi connectivity index (χ1n) is 12.4. The molecular formula is C27H33N7O2. The second-order valence-electron chi connectivity index (χ2n) is 9.80. The summed E-state index contributed by atoms with van der Waals surface area (Å²) in [6.45, 7) is 10.4. The van der Waals surface area contributed by atoms with E-state index in [1.807, 2.05) is 48.7 Å². The van der Waals surface area contributed by atoms with Gasteiger partial charge in [0.1, 0.15) is 11.3 Å². The molecule has 4 aromatic rings. The van der Waals surface area contributed by atoms with Crippen molar-refractivity contribution < 1.29 is 9.90 Å². The molecule has 1 fully saturated rings. The highest BCUT2D eigenvalue weighted by molar-refractivity contribution is 5.94. The van der Waals surface area contributed by atoms with Crippen LogP contribution < -0.4 is 9.80 Å². The predicted octanol–water partition coefficient (Wildman–Crippen LogP) is 4.13. The van der Waals surface area contributed by atoms with Crippen LogP contribution in [0.5, 0.6) is 5.88 Å². The van der Waals surface area contributed by atoms with Gasteiger partial charge in [-0.2, -0.15) is 4.98 Å². The lowest BCUT2D eigenvalue weighted by molar-refractivity contribution is -0.129.